The quantitative estimate of drug-likeness (QED) is 0.371. The molecule has 2 heteroatoms. The Hall–Kier alpha value is -1.02. The highest BCUT2D eigenvalue weighted by Crippen LogP contribution is 2.38. The van der Waals surface area contributed by atoms with Crippen LogP contribution in [0.1, 0.15) is 76.0 Å². The summed E-state index contributed by atoms with van der Waals surface area (Å²) in [4.78, 5) is 11.8. The minimum atomic E-state index is 0.485. The zero-order valence-electron chi connectivity index (χ0n) is 13.4. The van der Waals surface area contributed by atoms with Gasteiger partial charge in [0.1, 0.15) is 6.29 Å². The number of aldehydes is 1. The Morgan fingerprint density at radius 3 is 1.75 bits per heavy atom. The number of hydrogen-bond donors (Lipinski definition) is 0. The van der Waals surface area contributed by atoms with E-state index in [4.69, 9.17) is 0 Å². The molecule has 0 aromatic heterocycles. The van der Waals surface area contributed by atoms with E-state index in [0.717, 1.165) is 6.29 Å². The van der Waals surface area contributed by atoms with E-state index in [2.05, 4.69) is 53.7 Å². The molecule has 20 heavy (non-hydrogen) atoms. The monoisotopic (exact) mass is 290 g/mol. The predicted octanol–water partition coefficient (Wildman–Crippen LogP) is 5.86. The van der Waals surface area contributed by atoms with E-state index in [0.29, 0.717) is 17.8 Å². The largest absolute Gasteiger partial charge is 0.299 e. The van der Waals surface area contributed by atoms with E-state index < -0.39 is 0 Å². The van der Waals surface area contributed by atoms with E-state index in [-0.39, 0.29) is 0 Å². The molecule has 1 aromatic carbocycles. The van der Waals surface area contributed by atoms with Crippen molar-refractivity contribution in [2.45, 2.75) is 64.2 Å². The Bertz CT molecular complexity index is 455. The Balaban J connectivity index is 3.42. The summed E-state index contributed by atoms with van der Waals surface area (Å²) in [6, 6.07) is 4.66. The SMILES string of the molecule is CC(C)c1cc(C(C)C)c(S/C=C/C=O)c(C(C)C)c1. The number of allylic oxidation sites excluding steroid dienone is 1. The molecular weight excluding hydrogens is 264 g/mol. The molecule has 110 valence electrons. The van der Waals surface area contributed by atoms with Crippen molar-refractivity contribution in [3.8, 4) is 0 Å². The highest BCUT2D eigenvalue weighted by molar-refractivity contribution is 8.02. The predicted molar refractivity (Wildman–Crippen MR) is 89.8 cm³/mol. The zero-order chi connectivity index (χ0) is 15.3. The van der Waals surface area contributed by atoms with Gasteiger partial charge in [-0.15, -0.1) is 0 Å². The topological polar surface area (TPSA) is 17.1 Å². The van der Waals surface area contributed by atoms with Crippen LogP contribution in [0.25, 0.3) is 0 Å². The van der Waals surface area contributed by atoms with Crippen LogP contribution in [0.5, 0.6) is 0 Å². The second-order valence-corrected chi connectivity index (χ2v) is 6.99. The van der Waals surface area contributed by atoms with E-state index >= 15 is 0 Å². The van der Waals surface area contributed by atoms with Crippen LogP contribution in [0.2, 0.25) is 0 Å². The van der Waals surface area contributed by atoms with Crippen LogP contribution in [0.4, 0.5) is 0 Å². The smallest absolute Gasteiger partial charge is 0.143 e. The van der Waals surface area contributed by atoms with Crippen LogP contribution in [-0.2, 0) is 4.79 Å². The highest BCUT2D eigenvalue weighted by Gasteiger charge is 2.16. The molecule has 0 unspecified atom stereocenters. The third-order valence-corrected chi connectivity index (χ3v) is 4.42. The van der Waals surface area contributed by atoms with Crippen LogP contribution in [-0.4, -0.2) is 6.29 Å². The van der Waals surface area contributed by atoms with Crippen LogP contribution in [0.3, 0.4) is 0 Å². The van der Waals surface area contributed by atoms with Gasteiger partial charge in [-0.05, 0) is 45.9 Å². The summed E-state index contributed by atoms with van der Waals surface area (Å²) in [5, 5.41) is 1.88. The second-order valence-electron chi connectivity index (χ2n) is 6.08. The fourth-order valence-corrected chi connectivity index (χ4v) is 3.31. The Kier molecular flexibility index (Phi) is 6.54. The lowest BCUT2D eigenvalue weighted by atomic mass is 9.89. The summed E-state index contributed by atoms with van der Waals surface area (Å²) < 4.78 is 0. The maximum atomic E-state index is 10.5. The van der Waals surface area contributed by atoms with Gasteiger partial charge in [0.05, 0.1) is 0 Å². The molecule has 0 N–H and O–H groups in total. The summed E-state index contributed by atoms with van der Waals surface area (Å²) in [6.45, 7) is 13.4. The molecule has 1 rings (SSSR count). The molecule has 0 aliphatic heterocycles. The number of carbonyl (C=O) groups is 1. The molecule has 1 aromatic rings. The Morgan fingerprint density at radius 2 is 1.40 bits per heavy atom. The fraction of sp³-hybridized carbons (Fsp3) is 0.500. The number of benzene rings is 1. The van der Waals surface area contributed by atoms with Crippen molar-refractivity contribution in [1.82, 2.24) is 0 Å². The molecule has 0 bridgehead atoms. The molecule has 0 saturated heterocycles. The highest BCUT2D eigenvalue weighted by atomic mass is 32.2. The van der Waals surface area contributed by atoms with Crippen LogP contribution in [0.15, 0.2) is 28.5 Å². The molecule has 0 radical (unpaired) electrons. The average molecular weight is 290 g/mol. The molecule has 0 aliphatic carbocycles. The van der Waals surface area contributed by atoms with E-state index in [1.54, 1.807) is 17.8 Å². The Morgan fingerprint density at radius 1 is 0.900 bits per heavy atom. The van der Waals surface area contributed by atoms with Gasteiger partial charge < -0.3 is 0 Å². The number of thioether (sulfide) groups is 1. The van der Waals surface area contributed by atoms with Gasteiger partial charge in [-0.2, -0.15) is 0 Å². The Labute approximate surface area is 127 Å². The first-order chi connectivity index (χ1) is 9.38. The van der Waals surface area contributed by atoms with Crippen molar-refractivity contribution < 1.29 is 4.79 Å². The van der Waals surface area contributed by atoms with Gasteiger partial charge in [-0.25, -0.2) is 0 Å². The normalized spacial score (nSPS) is 12.1. The third-order valence-electron chi connectivity index (χ3n) is 3.42. The van der Waals surface area contributed by atoms with E-state index in [9.17, 15) is 4.79 Å². The third kappa shape index (κ3) is 4.24. The van der Waals surface area contributed by atoms with Crippen molar-refractivity contribution in [2.75, 3.05) is 0 Å². The zero-order valence-corrected chi connectivity index (χ0v) is 14.3. The van der Waals surface area contributed by atoms with Crippen LogP contribution >= 0.6 is 11.8 Å². The van der Waals surface area contributed by atoms with Gasteiger partial charge in [-0.1, -0.05) is 65.4 Å². The maximum Gasteiger partial charge on any atom is 0.143 e. The van der Waals surface area contributed by atoms with Gasteiger partial charge in [0.15, 0.2) is 0 Å². The summed E-state index contributed by atoms with van der Waals surface area (Å²) in [5.74, 6) is 1.51. The number of rotatable bonds is 6. The number of carbonyl (C=O) groups excluding carboxylic acids is 1. The van der Waals surface area contributed by atoms with Crippen molar-refractivity contribution in [3.05, 3.63) is 40.3 Å². The molecule has 1 nitrogen and oxygen atoms in total. The summed E-state index contributed by atoms with van der Waals surface area (Å²) in [6.07, 6.45) is 2.40. The lowest BCUT2D eigenvalue weighted by Crippen LogP contribution is -2.02. The second kappa shape index (κ2) is 7.68. The van der Waals surface area contributed by atoms with Crippen molar-refractivity contribution in [1.29, 1.82) is 0 Å². The molecule has 0 aliphatic rings. The first-order valence-corrected chi connectivity index (χ1v) is 8.21. The lowest BCUT2D eigenvalue weighted by molar-refractivity contribution is -0.104. The fourth-order valence-electron chi connectivity index (χ4n) is 2.17. The molecule has 0 heterocycles. The first kappa shape index (κ1) is 17.0. The van der Waals surface area contributed by atoms with Crippen LogP contribution < -0.4 is 0 Å². The summed E-state index contributed by atoms with van der Waals surface area (Å²) in [5.41, 5.74) is 4.18. The van der Waals surface area contributed by atoms with Crippen LogP contribution in [0, 0.1) is 0 Å². The molecule has 0 fully saturated rings. The van der Waals surface area contributed by atoms with Gasteiger partial charge in [0.25, 0.3) is 0 Å². The average Bonchev–Trinajstić information content (AvgIpc) is 2.37. The molecule has 0 spiro atoms. The molecular formula is C18H26OS. The van der Waals surface area contributed by atoms with Crippen molar-refractivity contribution in [3.63, 3.8) is 0 Å². The summed E-state index contributed by atoms with van der Waals surface area (Å²) >= 11 is 1.66. The maximum absolute atomic E-state index is 10.5. The summed E-state index contributed by atoms with van der Waals surface area (Å²) in [7, 11) is 0. The molecule has 0 saturated carbocycles. The first-order valence-electron chi connectivity index (χ1n) is 7.33. The van der Waals surface area contributed by atoms with Gasteiger partial charge in [-0.3, -0.25) is 4.79 Å². The van der Waals surface area contributed by atoms with Gasteiger partial charge in [0.2, 0.25) is 0 Å². The minimum Gasteiger partial charge on any atom is -0.299 e. The number of hydrogen-bond acceptors (Lipinski definition) is 2. The minimum absolute atomic E-state index is 0.485. The van der Waals surface area contributed by atoms with Gasteiger partial charge in [0, 0.05) is 4.90 Å². The van der Waals surface area contributed by atoms with Gasteiger partial charge >= 0.3 is 0 Å². The molecule has 0 atom stereocenters. The lowest BCUT2D eigenvalue weighted by Gasteiger charge is -2.21. The van der Waals surface area contributed by atoms with Crippen molar-refractivity contribution >= 4 is 18.0 Å². The molecule has 0 amide bonds. The standard InChI is InChI=1S/C18H26OS/c1-12(2)15-10-16(13(3)4)18(20-9-7-8-19)17(11-15)14(5)6/h7-14H,1-6H3/b9-7+. The van der Waals surface area contributed by atoms with E-state index in [1.165, 1.54) is 21.6 Å². The van der Waals surface area contributed by atoms with Crippen molar-refractivity contribution in [2.24, 2.45) is 0 Å². The van der Waals surface area contributed by atoms with E-state index in [1.807, 2.05) is 5.41 Å².